The van der Waals surface area contributed by atoms with Gasteiger partial charge < -0.3 is 15.0 Å². The van der Waals surface area contributed by atoms with Gasteiger partial charge in [-0.05, 0) is 56.7 Å². The molecule has 0 aromatic heterocycles. The van der Waals surface area contributed by atoms with Crippen molar-refractivity contribution in [1.29, 1.82) is 0 Å². The first-order valence-corrected chi connectivity index (χ1v) is 7.57. The van der Waals surface area contributed by atoms with Gasteiger partial charge in [-0.1, -0.05) is 13.8 Å². The molecule has 2 unspecified atom stereocenters. The molecule has 0 aromatic carbocycles. The van der Waals surface area contributed by atoms with E-state index in [4.69, 9.17) is 4.74 Å². The number of methoxy groups -OCH3 is 1. The molecule has 0 spiro atoms. The van der Waals surface area contributed by atoms with Crippen molar-refractivity contribution in [3.8, 4) is 0 Å². The maximum Gasteiger partial charge on any atom is 0.0698 e. The van der Waals surface area contributed by atoms with E-state index in [0.717, 1.165) is 12.5 Å². The molecule has 2 aliphatic heterocycles. The van der Waals surface area contributed by atoms with Crippen LogP contribution in [-0.2, 0) is 4.74 Å². The highest BCUT2D eigenvalue weighted by Gasteiger charge is 2.33. The summed E-state index contributed by atoms with van der Waals surface area (Å²) < 4.78 is 5.53. The Labute approximate surface area is 112 Å². The minimum absolute atomic E-state index is 0.420. The lowest BCUT2D eigenvalue weighted by molar-refractivity contribution is 0.00710. The third-order valence-corrected chi connectivity index (χ3v) is 4.83. The molecule has 2 aliphatic rings. The van der Waals surface area contributed by atoms with Gasteiger partial charge in [0.2, 0.25) is 0 Å². The summed E-state index contributed by atoms with van der Waals surface area (Å²) in [6, 6.07) is 0. The van der Waals surface area contributed by atoms with Gasteiger partial charge in [0.05, 0.1) is 6.10 Å². The molecule has 0 saturated carbocycles. The van der Waals surface area contributed by atoms with Crippen LogP contribution >= 0.6 is 0 Å². The van der Waals surface area contributed by atoms with E-state index in [-0.39, 0.29) is 0 Å². The third kappa shape index (κ3) is 3.69. The molecule has 2 saturated heterocycles. The first kappa shape index (κ1) is 14.3. The highest BCUT2D eigenvalue weighted by molar-refractivity contribution is 4.87. The van der Waals surface area contributed by atoms with Crippen molar-refractivity contribution in [1.82, 2.24) is 10.2 Å². The van der Waals surface area contributed by atoms with Crippen LogP contribution in [0.1, 0.15) is 39.5 Å². The zero-order chi connectivity index (χ0) is 13.0. The topological polar surface area (TPSA) is 24.5 Å². The lowest BCUT2D eigenvalue weighted by Crippen LogP contribution is -2.48. The smallest absolute Gasteiger partial charge is 0.0698 e. The van der Waals surface area contributed by atoms with Crippen molar-refractivity contribution in [2.75, 3.05) is 39.8 Å². The average molecular weight is 254 g/mol. The fourth-order valence-electron chi connectivity index (χ4n) is 3.57. The molecule has 0 amide bonds. The van der Waals surface area contributed by atoms with E-state index in [1.165, 1.54) is 51.9 Å². The van der Waals surface area contributed by atoms with Gasteiger partial charge in [0.1, 0.15) is 0 Å². The highest BCUT2D eigenvalue weighted by Crippen LogP contribution is 2.33. The van der Waals surface area contributed by atoms with Crippen LogP contribution in [0.3, 0.4) is 0 Å². The van der Waals surface area contributed by atoms with Crippen molar-refractivity contribution in [2.24, 2.45) is 11.3 Å². The Morgan fingerprint density at radius 3 is 2.78 bits per heavy atom. The Morgan fingerprint density at radius 1 is 1.28 bits per heavy atom. The molecule has 2 heterocycles. The zero-order valence-corrected chi connectivity index (χ0v) is 12.4. The Kier molecular flexibility index (Phi) is 5.05. The maximum absolute atomic E-state index is 5.53. The Hall–Kier alpha value is -0.120. The quantitative estimate of drug-likeness (QED) is 0.832. The maximum atomic E-state index is 5.53. The second-order valence-electron chi connectivity index (χ2n) is 6.77. The summed E-state index contributed by atoms with van der Waals surface area (Å²) in [5, 5.41) is 3.55. The van der Waals surface area contributed by atoms with Crippen LogP contribution in [0, 0.1) is 11.3 Å². The fraction of sp³-hybridized carbons (Fsp3) is 1.00. The molecule has 106 valence electrons. The Bertz CT molecular complexity index is 249. The summed E-state index contributed by atoms with van der Waals surface area (Å²) in [5.74, 6) is 0.828. The second-order valence-corrected chi connectivity index (χ2v) is 6.77. The van der Waals surface area contributed by atoms with Crippen LogP contribution in [0.5, 0.6) is 0 Å². The van der Waals surface area contributed by atoms with E-state index in [1.807, 2.05) is 7.11 Å². The zero-order valence-electron chi connectivity index (χ0n) is 12.4. The third-order valence-electron chi connectivity index (χ3n) is 4.83. The molecule has 18 heavy (non-hydrogen) atoms. The summed E-state index contributed by atoms with van der Waals surface area (Å²) >= 11 is 0. The van der Waals surface area contributed by atoms with Crippen LogP contribution < -0.4 is 5.32 Å². The fourth-order valence-corrected chi connectivity index (χ4v) is 3.57. The van der Waals surface area contributed by atoms with Crippen molar-refractivity contribution in [3.63, 3.8) is 0 Å². The van der Waals surface area contributed by atoms with E-state index in [2.05, 4.69) is 24.1 Å². The van der Waals surface area contributed by atoms with Gasteiger partial charge in [0, 0.05) is 20.2 Å². The number of ether oxygens (including phenoxy) is 1. The normalized spacial score (nSPS) is 31.5. The number of nitrogens with zero attached hydrogens (tertiary/aromatic N) is 1. The van der Waals surface area contributed by atoms with Crippen molar-refractivity contribution < 1.29 is 4.74 Å². The van der Waals surface area contributed by atoms with Gasteiger partial charge in [-0.15, -0.1) is 0 Å². The number of rotatable bonds is 4. The molecule has 2 fully saturated rings. The molecule has 0 bridgehead atoms. The average Bonchev–Trinajstić information content (AvgIpc) is 2.39. The molecule has 1 N–H and O–H groups in total. The molecule has 0 aliphatic carbocycles. The second kappa shape index (κ2) is 6.36. The molecular weight excluding hydrogens is 224 g/mol. The van der Waals surface area contributed by atoms with Gasteiger partial charge in [-0.2, -0.15) is 0 Å². The molecule has 3 nitrogen and oxygen atoms in total. The van der Waals surface area contributed by atoms with E-state index in [0.29, 0.717) is 11.5 Å². The summed E-state index contributed by atoms with van der Waals surface area (Å²) in [5.41, 5.74) is 0.420. The molecule has 0 aromatic rings. The number of piperidine rings is 2. The highest BCUT2D eigenvalue weighted by atomic mass is 16.5. The molecule has 2 rings (SSSR count). The minimum atomic E-state index is 0.420. The van der Waals surface area contributed by atoms with Crippen LogP contribution in [0.25, 0.3) is 0 Å². The van der Waals surface area contributed by atoms with E-state index >= 15 is 0 Å². The van der Waals surface area contributed by atoms with Crippen LogP contribution in [0.4, 0.5) is 0 Å². The van der Waals surface area contributed by atoms with Crippen LogP contribution in [0.2, 0.25) is 0 Å². The van der Waals surface area contributed by atoms with Gasteiger partial charge in [-0.25, -0.2) is 0 Å². The number of nitrogens with one attached hydrogen (secondary N) is 1. The predicted molar refractivity (Wildman–Crippen MR) is 75.8 cm³/mol. The Morgan fingerprint density at radius 2 is 2.11 bits per heavy atom. The van der Waals surface area contributed by atoms with Crippen molar-refractivity contribution in [3.05, 3.63) is 0 Å². The first-order valence-electron chi connectivity index (χ1n) is 7.57. The van der Waals surface area contributed by atoms with Gasteiger partial charge in [-0.3, -0.25) is 0 Å². The van der Waals surface area contributed by atoms with Gasteiger partial charge >= 0.3 is 0 Å². The van der Waals surface area contributed by atoms with Crippen LogP contribution in [-0.4, -0.2) is 50.8 Å². The van der Waals surface area contributed by atoms with Crippen molar-refractivity contribution in [2.45, 2.75) is 45.6 Å². The standard InChI is InChI=1S/C15H30N2O/c1-15(2,13-6-4-8-16-10-13)12-17-9-5-7-14(11-17)18-3/h13-14,16H,4-12H2,1-3H3. The predicted octanol–water partition coefficient (Wildman–Crippen LogP) is 2.12. The van der Waals surface area contributed by atoms with Gasteiger partial charge in [0.25, 0.3) is 0 Å². The number of hydrogen-bond donors (Lipinski definition) is 1. The van der Waals surface area contributed by atoms with Crippen molar-refractivity contribution >= 4 is 0 Å². The largest absolute Gasteiger partial charge is 0.380 e. The van der Waals surface area contributed by atoms with E-state index in [9.17, 15) is 0 Å². The summed E-state index contributed by atoms with van der Waals surface area (Å²) in [4.78, 5) is 2.62. The first-order chi connectivity index (χ1) is 8.62. The molecule has 3 heteroatoms. The lowest BCUT2D eigenvalue weighted by atomic mass is 9.74. The molecule has 0 radical (unpaired) electrons. The molecular formula is C15H30N2O. The van der Waals surface area contributed by atoms with Gasteiger partial charge in [0.15, 0.2) is 0 Å². The monoisotopic (exact) mass is 254 g/mol. The number of likely N-dealkylation sites (tertiary alicyclic amines) is 1. The lowest BCUT2D eigenvalue weighted by Gasteiger charge is -2.43. The molecule has 2 atom stereocenters. The van der Waals surface area contributed by atoms with E-state index < -0.39 is 0 Å². The minimum Gasteiger partial charge on any atom is -0.380 e. The number of hydrogen-bond acceptors (Lipinski definition) is 3. The summed E-state index contributed by atoms with van der Waals surface area (Å²) in [6.07, 6.45) is 5.71. The summed E-state index contributed by atoms with van der Waals surface area (Å²) in [7, 11) is 1.85. The SMILES string of the molecule is COC1CCCN(CC(C)(C)C2CCCNC2)C1. The van der Waals surface area contributed by atoms with Crippen LogP contribution in [0.15, 0.2) is 0 Å². The summed E-state index contributed by atoms with van der Waals surface area (Å²) in [6.45, 7) is 10.9. The van der Waals surface area contributed by atoms with E-state index in [1.54, 1.807) is 0 Å². The Balaban J connectivity index is 1.86.